The lowest BCUT2D eigenvalue weighted by atomic mass is 10.1. The van der Waals surface area contributed by atoms with Crippen molar-refractivity contribution in [1.29, 1.82) is 0 Å². The molecule has 1 aliphatic heterocycles. The molecule has 1 amide bonds. The van der Waals surface area contributed by atoms with E-state index in [0.29, 0.717) is 11.1 Å². The highest BCUT2D eigenvalue weighted by atomic mass is 32.2. The molecule has 2 heterocycles. The van der Waals surface area contributed by atoms with Crippen molar-refractivity contribution in [3.8, 4) is 0 Å². The molecule has 1 aromatic heterocycles. The molecule has 9 heteroatoms. The maximum Gasteiger partial charge on any atom is 0.226 e. The summed E-state index contributed by atoms with van der Waals surface area (Å²) in [7, 11) is -3.02. The predicted octanol–water partition coefficient (Wildman–Crippen LogP) is 2.34. The van der Waals surface area contributed by atoms with Crippen LogP contribution in [0.4, 0.5) is 13.9 Å². The van der Waals surface area contributed by atoms with E-state index < -0.39 is 21.5 Å². The van der Waals surface area contributed by atoms with Gasteiger partial charge in [-0.25, -0.2) is 22.2 Å². The van der Waals surface area contributed by atoms with Crippen molar-refractivity contribution in [2.24, 2.45) is 5.92 Å². The van der Waals surface area contributed by atoms with Gasteiger partial charge in [0.05, 0.1) is 21.7 Å². The van der Waals surface area contributed by atoms with E-state index in [9.17, 15) is 22.0 Å². The number of fused-ring (bicyclic) bond motifs is 1. The SMILES string of the molecule is O=C(CC1CCS(=O)(=O)C1)Nc1nc2cc(F)c(F)cc2s1. The summed E-state index contributed by atoms with van der Waals surface area (Å²) in [6.07, 6.45) is 0.573. The number of nitrogens with one attached hydrogen (secondary N) is 1. The minimum absolute atomic E-state index is 0.0245. The Labute approximate surface area is 129 Å². The molecule has 1 aliphatic rings. The zero-order valence-corrected chi connectivity index (χ0v) is 12.9. The summed E-state index contributed by atoms with van der Waals surface area (Å²) in [5.74, 6) is -2.35. The zero-order valence-electron chi connectivity index (χ0n) is 11.3. The van der Waals surface area contributed by atoms with Gasteiger partial charge in [-0.05, 0) is 18.4 Å². The van der Waals surface area contributed by atoms with Crippen molar-refractivity contribution in [3.05, 3.63) is 23.8 Å². The van der Waals surface area contributed by atoms with Crippen LogP contribution in [0.1, 0.15) is 12.8 Å². The molecule has 22 heavy (non-hydrogen) atoms. The highest BCUT2D eigenvalue weighted by Gasteiger charge is 2.29. The molecule has 0 radical (unpaired) electrons. The van der Waals surface area contributed by atoms with Crippen molar-refractivity contribution in [3.63, 3.8) is 0 Å². The van der Waals surface area contributed by atoms with Crippen molar-refractivity contribution in [2.45, 2.75) is 12.8 Å². The third-order valence-corrected chi connectivity index (χ3v) is 6.25. The van der Waals surface area contributed by atoms with Crippen LogP contribution in [-0.4, -0.2) is 30.8 Å². The Hall–Kier alpha value is -1.61. The summed E-state index contributed by atoms with van der Waals surface area (Å²) < 4.78 is 49.4. The van der Waals surface area contributed by atoms with E-state index >= 15 is 0 Å². The number of amides is 1. The van der Waals surface area contributed by atoms with Crippen LogP contribution in [0.3, 0.4) is 0 Å². The van der Waals surface area contributed by atoms with Gasteiger partial charge < -0.3 is 5.32 Å². The first-order chi connectivity index (χ1) is 10.3. The van der Waals surface area contributed by atoms with E-state index in [4.69, 9.17) is 0 Å². The Morgan fingerprint density at radius 2 is 2.09 bits per heavy atom. The van der Waals surface area contributed by atoms with Gasteiger partial charge in [0.15, 0.2) is 26.6 Å². The van der Waals surface area contributed by atoms with Crippen molar-refractivity contribution in [2.75, 3.05) is 16.8 Å². The fourth-order valence-electron chi connectivity index (χ4n) is 2.44. The number of benzene rings is 1. The molecule has 1 N–H and O–H groups in total. The summed E-state index contributed by atoms with van der Waals surface area (Å²) in [4.78, 5) is 15.9. The maximum atomic E-state index is 13.1. The van der Waals surface area contributed by atoms with Gasteiger partial charge in [-0.1, -0.05) is 11.3 Å². The normalized spacial score (nSPS) is 20.4. The molecule has 118 valence electrons. The van der Waals surface area contributed by atoms with Crippen molar-refractivity contribution < 1.29 is 22.0 Å². The monoisotopic (exact) mass is 346 g/mol. The largest absolute Gasteiger partial charge is 0.302 e. The van der Waals surface area contributed by atoms with Gasteiger partial charge in [0.2, 0.25) is 5.91 Å². The number of carbonyl (C=O) groups excluding carboxylic acids is 1. The standard InChI is InChI=1S/C13H12F2N2O3S2/c14-8-4-10-11(5-9(8)15)21-13(16-10)17-12(18)3-7-1-2-22(19,20)6-7/h4-5,7H,1-3,6H2,(H,16,17,18). The summed E-state index contributed by atoms with van der Waals surface area (Å²) >= 11 is 1.04. The van der Waals surface area contributed by atoms with Crippen LogP contribution in [0.25, 0.3) is 10.2 Å². The molecule has 1 saturated heterocycles. The molecule has 5 nitrogen and oxygen atoms in total. The van der Waals surface area contributed by atoms with E-state index in [0.717, 1.165) is 23.5 Å². The lowest BCUT2D eigenvalue weighted by molar-refractivity contribution is -0.116. The Bertz CT molecular complexity index is 809. The van der Waals surface area contributed by atoms with Gasteiger partial charge in [0.1, 0.15) is 0 Å². The number of anilines is 1. The van der Waals surface area contributed by atoms with Gasteiger partial charge in [0.25, 0.3) is 0 Å². The zero-order chi connectivity index (χ0) is 15.9. The van der Waals surface area contributed by atoms with E-state index in [2.05, 4.69) is 10.3 Å². The minimum Gasteiger partial charge on any atom is -0.302 e. The molecular formula is C13H12F2N2O3S2. The average molecular weight is 346 g/mol. The number of carbonyl (C=O) groups is 1. The number of hydrogen-bond acceptors (Lipinski definition) is 5. The highest BCUT2D eigenvalue weighted by Crippen LogP contribution is 2.28. The van der Waals surface area contributed by atoms with E-state index in [1.54, 1.807) is 0 Å². The second kappa shape index (κ2) is 5.54. The van der Waals surface area contributed by atoms with Gasteiger partial charge in [-0.15, -0.1) is 0 Å². The maximum absolute atomic E-state index is 13.1. The third kappa shape index (κ3) is 3.25. The first-order valence-corrected chi connectivity index (χ1v) is 9.22. The molecule has 0 aliphatic carbocycles. The fourth-order valence-corrected chi connectivity index (χ4v) is 5.19. The van der Waals surface area contributed by atoms with Crippen LogP contribution in [0.2, 0.25) is 0 Å². The fraction of sp³-hybridized carbons (Fsp3) is 0.385. The molecular weight excluding hydrogens is 334 g/mol. The van der Waals surface area contributed by atoms with Gasteiger partial charge in [0, 0.05) is 12.5 Å². The molecule has 1 unspecified atom stereocenters. The van der Waals surface area contributed by atoms with Crippen LogP contribution >= 0.6 is 11.3 Å². The van der Waals surface area contributed by atoms with Crippen LogP contribution in [0, 0.1) is 17.6 Å². The molecule has 0 saturated carbocycles. The van der Waals surface area contributed by atoms with Crippen LogP contribution in [0.15, 0.2) is 12.1 Å². The number of sulfone groups is 1. The number of rotatable bonds is 3. The van der Waals surface area contributed by atoms with E-state index in [1.807, 2.05) is 0 Å². The second-order valence-electron chi connectivity index (χ2n) is 5.27. The summed E-state index contributed by atoms with van der Waals surface area (Å²) in [5.41, 5.74) is 0.266. The minimum atomic E-state index is -3.02. The number of hydrogen-bond donors (Lipinski definition) is 1. The molecule has 0 bridgehead atoms. The lowest BCUT2D eigenvalue weighted by Gasteiger charge is -2.06. The number of nitrogens with zero attached hydrogens (tertiary/aromatic N) is 1. The summed E-state index contributed by atoms with van der Waals surface area (Å²) in [5, 5.41) is 2.79. The van der Waals surface area contributed by atoms with Gasteiger partial charge >= 0.3 is 0 Å². The first-order valence-electron chi connectivity index (χ1n) is 6.58. The van der Waals surface area contributed by atoms with Crippen LogP contribution < -0.4 is 5.32 Å². The molecule has 2 aromatic rings. The highest BCUT2D eigenvalue weighted by molar-refractivity contribution is 7.91. The first kappa shape index (κ1) is 15.3. The Balaban J connectivity index is 1.69. The average Bonchev–Trinajstić information content (AvgIpc) is 2.92. The summed E-state index contributed by atoms with van der Waals surface area (Å²) in [6, 6.07) is 2.00. The molecule has 1 aromatic carbocycles. The van der Waals surface area contributed by atoms with Crippen molar-refractivity contribution >= 4 is 42.4 Å². The topological polar surface area (TPSA) is 76.1 Å². The lowest BCUT2D eigenvalue weighted by Crippen LogP contribution is -2.17. The Kier molecular flexibility index (Phi) is 3.85. The molecule has 1 fully saturated rings. The number of halogens is 2. The molecule has 3 rings (SSSR count). The van der Waals surface area contributed by atoms with E-state index in [1.165, 1.54) is 0 Å². The predicted molar refractivity (Wildman–Crippen MR) is 79.5 cm³/mol. The van der Waals surface area contributed by atoms with Gasteiger partial charge in [-0.3, -0.25) is 4.79 Å². The Morgan fingerprint density at radius 1 is 1.36 bits per heavy atom. The van der Waals surface area contributed by atoms with E-state index in [-0.39, 0.29) is 40.4 Å². The Morgan fingerprint density at radius 3 is 2.77 bits per heavy atom. The number of thiazole rings is 1. The second-order valence-corrected chi connectivity index (χ2v) is 8.53. The van der Waals surface area contributed by atoms with Gasteiger partial charge in [-0.2, -0.15) is 0 Å². The van der Waals surface area contributed by atoms with Crippen molar-refractivity contribution in [1.82, 2.24) is 4.98 Å². The summed E-state index contributed by atoms with van der Waals surface area (Å²) in [6.45, 7) is 0. The van der Waals surface area contributed by atoms with Crippen LogP contribution in [-0.2, 0) is 14.6 Å². The number of aromatic nitrogens is 1. The quantitative estimate of drug-likeness (QED) is 0.925. The molecule has 0 spiro atoms. The smallest absolute Gasteiger partial charge is 0.226 e. The third-order valence-electron chi connectivity index (χ3n) is 3.48. The molecule has 1 atom stereocenters. The van der Waals surface area contributed by atoms with Crippen LogP contribution in [0.5, 0.6) is 0 Å².